The standard InChI is InChI=1S/C19H30O3/c1-8-22-17(21)12-15(19(5,6)7)14-11-13(18(2,3)4)9-10-16(14)20/h9-11,15,20H,8,12H2,1-7H3. The predicted molar refractivity (Wildman–Crippen MR) is 90.3 cm³/mol. The number of carbonyl (C=O) groups is 1. The largest absolute Gasteiger partial charge is 0.508 e. The quantitative estimate of drug-likeness (QED) is 0.815. The van der Waals surface area contributed by atoms with Crippen molar-refractivity contribution in [1.82, 2.24) is 0 Å². The fourth-order valence-corrected chi connectivity index (χ4v) is 2.57. The summed E-state index contributed by atoms with van der Waals surface area (Å²) in [5, 5.41) is 10.3. The molecule has 1 aromatic rings. The van der Waals surface area contributed by atoms with Crippen LogP contribution in [-0.2, 0) is 14.9 Å². The number of benzene rings is 1. The van der Waals surface area contributed by atoms with Crippen LogP contribution >= 0.6 is 0 Å². The summed E-state index contributed by atoms with van der Waals surface area (Å²) in [5.74, 6) is -0.0611. The molecule has 1 unspecified atom stereocenters. The topological polar surface area (TPSA) is 46.5 Å². The van der Waals surface area contributed by atoms with Crippen molar-refractivity contribution in [3.63, 3.8) is 0 Å². The van der Waals surface area contributed by atoms with Crippen molar-refractivity contribution in [2.75, 3.05) is 6.61 Å². The number of phenols is 1. The number of hydrogen-bond acceptors (Lipinski definition) is 3. The van der Waals surface area contributed by atoms with Gasteiger partial charge in [-0.05, 0) is 34.9 Å². The fourth-order valence-electron chi connectivity index (χ4n) is 2.57. The summed E-state index contributed by atoms with van der Waals surface area (Å²) in [4.78, 5) is 12.0. The van der Waals surface area contributed by atoms with Gasteiger partial charge in [0.15, 0.2) is 0 Å². The van der Waals surface area contributed by atoms with Crippen LogP contribution < -0.4 is 0 Å². The van der Waals surface area contributed by atoms with E-state index in [-0.39, 0.29) is 34.9 Å². The summed E-state index contributed by atoms with van der Waals surface area (Å²) in [6.07, 6.45) is 0.276. The molecule has 1 rings (SSSR count). The summed E-state index contributed by atoms with van der Waals surface area (Å²) in [7, 11) is 0. The molecule has 22 heavy (non-hydrogen) atoms. The Bertz CT molecular complexity index is 518. The van der Waals surface area contributed by atoms with Crippen LogP contribution in [0.25, 0.3) is 0 Å². The highest BCUT2D eigenvalue weighted by Gasteiger charge is 2.32. The van der Waals surface area contributed by atoms with E-state index in [1.54, 1.807) is 6.07 Å². The molecule has 0 aliphatic rings. The number of esters is 1. The molecule has 0 spiro atoms. The van der Waals surface area contributed by atoms with Crippen LogP contribution in [0, 0.1) is 5.41 Å². The summed E-state index contributed by atoms with van der Waals surface area (Å²) in [5.41, 5.74) is 1.82. The SMILES string of the molecule is CCOC(=O)CC(c1cc(C(C)(C)C)ccc1O)C(C)(C)C. The van der Waals surface area contributed by atoms with Crippen molar-refractivity contribution >= 4 is 5.97 Å². The molecule has 0 bridgehead atoms. The van der Waals surface area contributed by atoms with Gasteiger partial charge in [0, 0.05) is 5.92 Å². The first-order valence-electron chi connectivity index (χ1n) is 7.95. The van der Waals surface area contributed by atoms with Gasteiger partial charge in [-0.3, -0.25) is 4.79 Å². The molecule has 0 saturated carbocycles. The third kappa shape index (κ3) is 4.75. The first kappa shape index (κ1) is 18.5. The molecule has 1 atom stereocenters. The Morgan fingerprint density at radius 1 is 1.18 bits per heavy atom. The van der Waals surface area contributed by atoms with Crippen molar-refractivity contribution in [3.8, 4) is 5.75 Å². The first-order chi connectivity index (χ1) is 9.96. The van der Waals surface area contributed by atoms with Crippen molar-refractivity contribution in [1.29, 1.82) is 0 Å². The predicted octanol–water partition coefficient (Wildman–Crippen LogP) is 4.77. The summed E-state index contributed by atoms with van der Waals surface area (Å²) < 4.78 is 5.11. The molecule has 124 valence electrons. The van der Waals surface area contributed by atoms with Crippen LogP contribution in [0.15, 0.2) is 18.2 Å². The Kier molecular flexibility index (Phi) is 5.66. The summed E-state index contributed by atoms with van der Waals surface area (Å²) in [6, 6.07) is 5.72. The second-order valence-electron chi connectivity index (χ2n) is 7.95. The van der Waals surface area contributed by atoms with E-state index in [1.807, 2.05) is 19.1 Å². The molecule has 1 N–H and O–H groups in total. The number of hydrogen-bond donors (Lipinski definition) is 1. The minimum atomic E-state index is -0.219. The zero-order valence-electron chi connectivity index (χ0n) is 15.0. The maximum atomic E-state index is 12.0. The summed E-state index contributed by atoms with van der Waals surface area (Å²) >= 11 is 0. The Morgan fingerprint density at radius 3 is 2.23 bits per heavy atom. The van der Waals surface area contributed by atoms with Gasteiger partial charge in [0.05, 0.1) is 13.0 Å². The number of ether oxygens (including phenoxy) is 1. The zero-order chi connectivity index (χ0) is 17.1. The molecule has 3 heteroatoms. The van der Waals surface area contributed by atoms with Crippen molar-refractivity contribution in [3.05, 3.63) is 29.3 Å². The van der Waals surface area contributed by atoms with Crippen molar-refractivity contribution in [2.45, 2.75) is 66.2 Å². The van der Waals surface area contributed by atoms with Gasteiger partial charge in [-0.25, -0.2) is 0 Å². The molecule has 0 amide bonds. The number of aromatic hydroxyl groups is 1. The zero-order valence-corrected chi connectivity index (χ0v) is 15.0. The van der Waals surface area contributed by atoms with Gasteiger partial charge in [-0.2, -0.15) is 0 Å². The molecular weight excluding hydrogens is 276 g/mol. The molecule has 0 aromatic heterocycles. The average Bonchev–Trinajstić information content (AvgIpc) is 2.34. The first-order valence-corrected chi connectivity index (χ1v) is 7.95. The number of phenolic OH excluding ortho intramolecular Hbond substituents is 1. The Labute approximate surface area is 134 Å². The lowest BCUT2D eigenvalue weighted by Gasteiger charge is -2.32. The lowest BCUT2D eigenvalue weighted by atomic mass is 9.73. The van der Waals surface area contributed by atoms with E-state index >= 15 is 0 Å². The lowest BCUT2D eigenvalue weighted by molar-refractivity contribution is -0.144. The maximum Gasteiger partial charge on any atom is 0.306 e. The minimum absolute atomic E-state index is 0.00515. The second kappa shape index (κ2) is 6.72. The third-order valence-corrected chi connectivity index (χ3v) is 3.99. The molecule has 0 heterocycles. The average molecular weight is 306 g/mol. The monoisotopic (exact) mass is 306 g/mol. The minimum Gasteiger partial charge on any atom is -0.508 e. The maximum absolute atomic E-state index is 12.0. The van der Waals surface area contributed by atoms with E-state index in [4.69, 9.17) is 4.74 Å². The molecule has 0 radical (unpaired) electrons. The van der Waals surface area contributed by atoms with Gasteiger partial charge in [0.1, 0.15) is 5.75 Å². The van der Waals surface area contributed by atoms with Gasteiger partial charge in [0.2, 0.25) is 0 Å². The van der Waals surface area contributed by atoms with E-state index < -0.39 is 0 Å². The Morgan fingerprint density at radius 2 is 1.77 bits per heavy atom. The lowest BCUT2D eigenvalue weighted by Crippen LogP contribution is -2.23. The van der Waals surface area contributed by atoms with Crippen LogP contribution in [0.5, 0.6) is 5.75 Å². The van der Waals surface area contributed by atoms with E-state index in [2.05, 4.69) is 41.5 Å². The molecule has 0 fully saturated rings. The molecule has 3 nitrogen and oxygen atoms in total. The van der Waals surface area contributed by atoms with Gasteiger partial charge < -0.3 is 9.84 Å². The highest BCUT2D eigenvalue weighted by atomic mass is 16.5. The van der Waals surface area contributed by atoms with Crippen LogP contribution in [0.3, 0.4) is 0 Å². The fraction of sp³-hybridized carbons (Fsp3) is 0.632. The molecule has 0 aliphatic carbocycles. The Balaban J connectivity index is 3.28. The van der Waals surface area contributed by atoms with Crippen molar-refractivity contribution in [2.24, 2.45) is 5.41 Å². The van der Waals surface area contributed by atoms with E-state index in [9.17, 15) is 9.90 Å². The normalized spacial score (nSPS) is 13.8. The van der Waals surface area contributed by atoms with E-state index in [0.717, 1.165) is 11.1 Å². The summed E-state index contributed by atoms with van der Waals surface area (Å²) in [6.45, 7) is 14.9. The third-order valence-electron chi connectivity index (χ3n) is 3.99. The Hall–Kier alpha value is -1.51. The van der Waals surface area contributed by atoms with E-state index in [1.165, 1.54) is 0 Å². The van der Waals surface area contributed by atoms with Gasteiger partial charge >= 0.3 is 5.97 Å². The van der Waals surface area contributed by atoms with E-state index in [0.29, 0.717) is 6.61 Å². The molecule has 1 aromatic carbocycles. The van der Waals surface area contributed by atoms with Crippen LogP contribution in [0.4, 0.5) is 0 Å². The highest BCUT2D eigenvalue weighted by molar-refractivity contribution is 5.71. The van der Waals surface area contributed by atoms with Gasteiger partial charge in [0.25, 0.3) is 0 Å². The highest BCUT2D eigenvalue weighted by Crippen LogP contribution is 2.43. The molecular formula is C19H30O3. The molecule has 0 aliphatic heterocycles. The van der Waals surface area contributed by atoms with Crippen LogP contribution in [-0.4, -0.2) is 17.7 Å². The molecule has 0 saturated heterocycles. The van der Waals surface area contributed by atoms with Crippen LogP contribution in [0.2, 0.25) is 0 Å². The van der Waals surface area contributed by atoms with Crippen LogP contribution in [0.1, 0.15) is 71.9 Å². The number of rotatable bonds is 4. The van der Waals surface area contributed by atoms with Crippen molar-refractivity contribution < 1.29 is 14.6 Å². The van der Waals surface area contributed by atoms with Gasteiger partial charge in [-0.1, -0.05) is 53.7 Å². The van der Waals surface area contributed by atoms with Gasteiger partial charge in [-0.15, -0.1) is 0 Å². The smallest absolute Gasteiger partial charge is 0.306 e. The number of carbonyl (C=O) groups excluding carboxylic acids is 1. The second-order valence-corrected chi connectivity index (χ2v) is 7.95.